The summed E-state index contributed by atoms with van der Waals surface area (Å²) < 4.78 is 10.5. The molecule has 0 aromatic heterocycles. The first-order chi connectivity index (χ1) is 8.32. The van der Waals surface area contributed by atoms with Crippen molar-refractivity contribution >= 4 is 5.97 Å². The van der Waals surface area contributed by atoms with Gasteiger partial charge in [-0.1, -0.05) is 39.8 Å². The van der Waals surface area contributed by atoms with E-state index in [1.54, 1.807) is 13.8 Å². The third kappa shape index (κ3) is 4.40. The Morgan fingerprint density at radius 2 is 1.78 bits per heavy atom. The van der Waals surface area contributed by atoms with Gasteiger partial charge in [0.05, 0.1) is 6.42 Å². The second-order valence-electron chi connectivity index (χ2n) is 5.19. The van der Waals surface area contributed by atoms with Crippen LogP contribution in [-0.2, 0) is 14.9 Å². The Hall–Kier alpha value is -1.51. The Morgan fingerprint density at radius 1 is 1.22 bits per heavy atom. The van der Waals surface area contributed by atoms with Crippen molar-refractivity contribution in [2.45, 2.75) is 46.3 Å². The van der Waals surface area contributed by atoms with Crippen LogP contribution in [0, 0.1) is 6.42 Å². The van der Waals surface area contributed by atoms with Crippen LogP contribution in [0.1, 0.15) is 40.2 Å². The first kappa shape index (κ1) is 14.6. The fourth-order valence-electron chi connectivity index (χ4n) is 1.48. The fourth-order valence-corrected chi connectivity index (χ4v) is 1.48. The average Bonchev–Trinajstić information content (AvgIpc) is 2.28. The van der Waals surface area contributed by atoms with Gasteiger partial charge >= 0.3 is 5.97 Å². The predicted molar refractivity (Wildman–Crippen MR) is 71.3 cm³/mol. The number of ether oxygens (including phenoxy) is 2. The number of hydrogen-bond donors (Lipinski definition) is 0. The molecule has 0 N–H and O–H groups in total. The molecular formula is C15H21O3. The second kappa shape index (κ2) is 5.89. The molecule has 3 heteroatoms. The Kier molecular flexibility index (Phi) is 4.76. The van der Waals surface area contributed by atoms with Crippen LogP contribution in [0.2, 0.25) is 0 Å². The maximum Gasteiger partial charge on any atom is 0.312 e. The molecule has 1 aromatic carbocycles. The Morgan fingerprint density at radius 3 is 2.22 bits per heavy atom. The molecule has 99 valence electrons. The maximum absolute atomic E-state index is 11.0. The normalized spacial score (nSPS) is 12.9. The molecule has 0 aliphatic heterocycles. The van der Waals surface area contributed by atoms with Gasteiger partial charge in [-0.15, -0.1) is 0 Å². The molecule has 1 unspecified atom stereocenters. The molecule has 3 nitrogen and oxygen atoms in total. The van der Waals surface area contributed by atoms with E-state index in [1.807, 2.05) is 24.3 Å². The number of carbonyl (C=O) groups excluding carboxylic acids is 1. The van der Waals surface area contributed by atoms with Crippen LogP contribution >= 0.6 is 0 Å². The van der Waals surface area contributed by atoms with Gasteiger partial charge in [0.2, 0.25) is 6.29 Å². The molecule has 0 aliphatic rings. The number of hydrogen-bond acceptors (Lipinski definition) is 3. The van der Waals surface area contributed by atoms with Crippen molar-refractivity contribution in [2.75, 3.05) is 0 Å². The van der Waals surface area contributed by atoms with Gasteiger partial charge in [0, 0.05) is 6.92 Å². The molecular weight excluding hydrogens is 228 g/mol. The molecule has 0 saturated carbocycles. The Bertz CT molecular complexity index is 387. The highest BCUT2D eigenvalue weighted by atomic mass is 16.7. The zero-order valence-electron chi connectivity index (χ0n) is 11.7. The third-order valence-electron chi connectivity index (χ3n) is 2.54. The average molecular weight is 249 g/mol. The molecule has 0 aliphatic carbocycles. The van der Waals surface area contributed by atoms with E-state index in [4.69, 9.17) is 9.47 Å². The lowest BCUT2D eigenvalue weighted by molar-refractivity contribution is -0.156. The minimum atomic E-state index is -0.589. The Balaban J connectivity index is 2.61. The monoisotopic (exact) mass is 249 g/mol. The summed E-state index contributed by atoms with van der Waals surface area (Å²) in [5.74, 6) is 0.313. The molecule has 0 heterocycles. The highest BCUT2D eigenvalue weighted by molar-refractivity contribution is 5.78. The maximum atomic E-state index is 11.0. The van der Waals surface area contributed by atoms with E-state index >= 15 is 0 Å². The van der Waals surface area contributed by atoms with E-state index in [9.17, 15) is 4.79 Å². The highest BCUT2D eigenvalue weighted by Gasteiger charge is 2.14. The van der Waals surface area contributed by atoms with Crippen molar-refractivity contribution in [2.24, 2.45) is 0 Å². The zero-order chi connectivity index (χ0) is 13.8. The van der Waals surface area contributed by atoms with Gasteiger partial charge in [0.15, 0.2) is 0 Å². The zero-order valence-corrected chi connectivity index (χ0v) is 11.7. The van der Waals surface area contributed by atoms with Gasteiger partial charge in [-0.2, -0.15) is 0 Å². The SMILES string of the molecule is C[CH]C(=O)OC(C)Oc1ccc(C(C)(C)C)cc1. The standard InChI is InChI=1S/C15H21O3/c1-6-14(16)18-11(2)17-13-9-7-12(8-10-13)15(3,4)5/h6-11H,1-5H3. The third-order valence-corrected chi connectivity index (χ3v) is 2.54. The molecule has 0 spiro atoms. The molecule has 18 heavy (non-hydrogen) atoms. The van der Waals surface area contributed by atoms with Crippen molar-refractivity contribution in [3.63, 3.8) is 0 Å². The number of benzene rings is 1. The summed E-state index contributed by atoms with van der Waals surface area (Å²) in [7, 11) is 0. The molecule has 0 fully saturated rings. The summed E-state index contributed by atoms with van der Waals surface area (Å²) in [5, 5.41) is 0. The van der Waals surface area contributed by atoms with Gasteiger partial charge in [0.25, 0.3) is 0 Å². The van der Waals surface area contributed by atoms with Crippen LogP contribution in [0.25, 0.3) is 0 Å². The van der Waals surface area contributed by atoms with E-state index in [0.29, 0.717) is 5.75 Å². The van der Waals surface area contributed by atoms with Crippen molar-refractivity contribution < 1.29 is 14.3 Å². The summed E-state index contributed by atoms with van der Waals surface area (Å²) in [6, 6.07) is 7.83. The topological polar surface area (TPSA) is 35.5 Å². The van der Waals surface area contributed by atoms with Gasteiger partial charge in [-0.25, -0.2) is 0 Å². The largest absolute Gasteiger partial charge is 0.455 e. The summed E-state index contributed by atoms with van der Waals surface area (Å²) in [5.41, 5.74) is 1.36. The predicted octanol–water partition coefficient (Wildman–Crippen LogP) is 3.48. The van der Waals surface area contributed by atoms with Crippen LogP contribution < -0.4 is 4.74 Å². The van der Waals surface area contributed by atoms with Gasteiger partial charge in [-0.05, 0) is 23.1 Å². The van der Waals surface area contributed by atoms with Crippen molar-refractivity contribution in [3.8, 4) is 5.75 Å². The lowest BCUT2D eigenvalue weighted by Gasteiger charge is -2.20. The fraction of sp³-hybridized carbons (Fsp3) is 0.467. The smallest absolute Gasteiger partial charge is 0.312 e. The minimum absolute atomic E-state index is 0.119. The highest BCUT2D eigenvalue weighted by Crippen LogP contribution is 2.24. The quantitative estimate of drug-likeness (QED) is 0.605. The molecule has 1 rings (SSSR count). The molecule has 1 radical (unpaired) electrons. The van der Waals surface area contributed by atoms with Gasteiger partial charge in [0.1, 0.15) is 5.75 Å². The molecule has 0 bridgehead atoms. The lowest BCUT2D eigenvalue weighted by atomic mass is 9.87. The van der Waals surface area contributed by atoms with E-state index in [-0.39, 0.29) is 11.4 Å². The van der Waals surface area contributed by atoms with Crippen molar-refractivity contribution in [1.82, 2.24) is 0 Å². The first-order valence-corrected chi connectivity index (χ1v) is 6.10. The molecule has 0 amide bonds. The van der Waals surface area contributed by atoms with Crippen LogP contribution in [-0.4, -0.2) is 12.3 Å². The van der Waals surface area contributed by atoms with E-state index in [0.717, 1.165) is 0 Å². The summed E-state index contributed by atoms with van der Waals surface area (Å²) >= 11 is 0. The minimum Gasteiger partial charge on any atom is -0.455 e. The first-order valence-electron chi connectivity index (χ1n) is 6.10. The van der Waals surface area contributed by atoms with Crippen molar-refractivity contribution in [3.05, 3.63) is 36.2 Å². The van der Waals surface area contributed by atoms with E-state index in [1.165, 1.54) is 12.0 Å². The van der Waals surface area contributed by atoms with E-state index < -0.39 is 6.29 Å². The van der Waals surface area contributed by atoms with Gasteiger partial charge in [-0.3, -0.25) is 4.79 Å². The summed E-state index contributed by atoms with van der Waals surface area (Å²) in [6.07, 6.45) is 0.775. The van der Waals surface area contributed by atoms with E-state index in [2.05, 4.69) is 20.8 Å². The summed E-state index contributed by atoms with van der Waals surface area (Å²) in [6.45, 7) is 9.80. The number of carbonyl (C=O) groups is 1. The Labute approximate surface area is 109 Å². The van der Waals surface area contributed by atoms with Crippen LogP contribution in [0.3, 0.4) is 0 Å². The van der Waals surface area contributed by atoms with Gasteiger partial charge < -0.3 is 9.47 Å². The number of esters is 1. The summed E-state index contributed by atoms with van der Waals surface area (Å²) in [4.78, 5) is 11.0. The number of rotatable bonds is 4. The van der Waals surface area contributed by atoms with Crippen LogP contribution in [0.15, 0.2) is 24.3 Å². The molecule has 0 saturated heterocycles. The molecule has 1 aromatic rings. The van der Waals surface area contributed by atoms with Crippen LogP contribution in [0.5, 0.6) is 5.75 Å². The van der Waals surface area contributed by atoms with Crippen LogP contribution in [0.4, 0.5) is 0 Å². The lowest BCUT2D eigenvalue weighted by Crippen LogP contribution is -2.20. The molecule has 1 atom stereocenters. The second-order valence-corrected chi connectivity index (χ2v) is 5.19. The van der Waals surface area contributed by atoms with Crippen molar-refractivity contribution in [1.29, 1.82) is 0 Å².